The first kappa shape index (κ1) is 21.0. The summed E-state index contributed by atoms with van der Waals surface area (Å²) in [5, 5.41) is 9.92. The molecule has 1 heterocycles. The third-order valence-corrected chi connectivity index (χ3v) is 6.60. The van der Waals surface area contributed by atoms with E-state index in [1.54, 1.807) is 6.92 Å². The van der Waals surface area contributed by atoms with Gasteiger partial charge in [-0.25, -0.2) is 0 Å². The summed E-state index contributed by atoms with van der Waals surface area (Å²) in [6.45, 7) is 9.06. The van der Waals surface area contributed by atoms with Crippen LogP contribution in [0.15, 0.2) is 12.1 Å². The van der Waals surface area contributed by atoms with Gasteiger partial charge < -0.3 is 14.6 Å². The van der Waals surface area contributed by atoms with E-state index in [-0.39, 0.29) is 18.0 Å². The van der Waals surface area contributed by atoms with Crippen molar-refractivity contribution < 1.29 is 24.2 Å². The minimum atomic E-state index is -1.07. The molecule has 28 heavy (non-hydrogen) atoms. The Morgan fingerprint density at radius 2 is 1.71 bits per heavy atom. The normalized spacial score (nSPS) is 28.0. The van der Waals surface area contributed by atoms with Crippen molar-refractivity contribution in [1.29, 1.82) is 0 Å². The van der Waals surface area contributed by atoms with Gasteiger partial charge in [0.05, 0.1) is 18.6 Å². The van der Waals surface area contributed by atoms with Gasteiger partial charge in [-0.2, -0.15) is 0 Å². The lowest BCUT2D eigenvalue weighted by atomic mass is 9.75. The molecule has 0 bridgehead atoms. The van der Waals surface area contributed by atoms with Gasteiger partial charge in [0, 0.05) is 18.3 Å². The van der Waals surface area contributed by atoms with Crippen LogP contribution >= 0.6 is 0 Å². The Kier molecular flexibility index (Phi) is 6.25. The number of carboxylic acid groups (broad SMARTS) is 1. The summed E-state index contributed by atoms with van der Waals surface area (Å²) in [4.78, 5) is 25.5. The second-order valence-corrected chi connectivity index (χ2v) is 8.50. The second-order valence-electron chi connectivity index (χ2n) is 8.50. The topological polar surface area (TPSA) is 72.8 Å². The van der Waals surface area contributed by atoms with Gasteiger partial charge in [0.1, 0.15) is 5.78 Å². The Hall–Kier alpha value is -1.72. The molecule has 2 fully saturated rings. The molecule has 3 rings (SSSR count). The van der Waals surface area contributed by atoms with Gasteiger partial charge in [-0.05, 0) is 56.2 Å². The Morgan fingerprint density at radius 3 is 2.21 bits per heavy atom. The number of carbonyl (C=O) groups is 2. The number of rotatable bonds is 7. The summed E-state index contributed by atoms with van der Waals surface area (Å²) in [6, 6.07) is 4.30. The number of carboxylic acids is 1. The summed E-state index contributed by atoms with van der Waals surface area (Å²) in [5.74, 6) is -1.44. The van der Waals surface area contributed by atoms with Crippen LogP contribution in [0.1, 0.15) is 55.9 Å². The van der Waals surface area contributed by atoms with Gasteiger partial charge >= 0.3 is 5.97 Å². The van der Waals surface area contributed by atoms with E-state index < -0.39 is 17.3 Å². The standard InChI is InChI=1S/C23H32O5/c1-5-15-9-14(3)10-16(6-2)18(15)12-20(24)19-11-17(21-27-7-8-28-21)13-23(19,4)22(25)26/h9-10,17,19,21H,5-8,11-13H2,1-4H3,(H,25,26). The highest BCUT2D eigenvalue weighted by molar-refractivity contribution is 5.90. The van der Waals surface area contributed by atoms with Crippen LogP contribution in [0.25, 0.3) is 0 Å². The fraction of sp³-hybridized carbons (Fsp3) is 0.652. The predicted octanol–water partition coefficient (Wildman–Crippen LogP) is 3.72. The van der Waals surface area contributed by atoms with Crippen LogP contribution in [0, 0.1) is 24.2 Å². The van der Waals surface area contributed by atoms with Crippen molar-refractivity contribution in [1.82, 2.24) is 0 Å². The van der Waals surface area contributed by atoms with Gasteiger partial charge in [0.15, 0.2) is 6.29 Å². The largest absolute Gasteiger partial charge is 0.481 e. The van der Waals surface area contributed by atoms with E-state index in [2.05, 4.69) is 32.9 Å². The van der Waals surface area contributed by atoms with E-state index in [0.717, 1.165) is 18.4 Å². The summed E-state index contributed by atoms with van der Waals surface area (Å²) >= 11 is 0. The lowest BCUT2D eigenvalue weighted by Crippen LogP contribution is -2.37. The third kappa shape index (κ3) is 3.87. The highest BCUT2D eigenvalue weighted by Gasteiger charge is 2.54. The number of Topliss-reactive ketones (excluding diaryl/α,β-unsaturated/α-hetero) is 1. The molecular formula is C23H32O5. The average Bonchev–Trinajstić information content (AvgIpc) is 3.31. The molecule has 1 saturated carbocycles. The summed E-state index contributed by atoms with van der Waals surface area (Å²) < 4.78 is 11.2. The number of ether oxygens (including phenoxy) is 2. The van der Waals surface area contributed by atoms with E-state index in [9.17, 15) is 14.7 Å². The first-order chi connectivity index (χ1) is 13.3. The van der Waals surface area contributed by atoms with Crippen molar-refractivity contribution in [3.05, 3.63) is 34.4 Å². The summed E-state index contributed by atoms with van der Waals surface area (Å²) in [5.41, 5.74) is 3.61. The number of ketones is 1. The maximum absolute atomic E-state index is 13.4. The highest BCUT2D eigenvalue weighted by Crippen LogP contribution is 2.49. The lowest BCUT2D eigenvalue weighted by molar-refractivity contribution is -0.153. The van der Waals surface area contributed by atoms with Crippen molar-refractivity contribution >= 4 is 11.8 Å². The van der Waals surface area contributed by atoms with Crippen molar-refractivity contribution in [3.63, 3.8) is 0 Å². The fourth-order valence-corrected chi connectivity index (χ4v) is 5.04. The number of hydrogen-bond acceptors (Lipinski definition) is 4. The van der Waals surface area contributed by atoms with Crippen LogP contribution in [0.5, 0.6) is 0 Å². The molecule has 0 aromatic heterocycles. The monoisotopic (exact) mass is 388 g/mol. The molecule has 1 aromatic rings. The molecular weight excluding hydrogens is 356 g/mol. The van der Waals surface area contributed by atoms with Crippen LogP contribution in [-0.2, 0) is 38.3 Å². The van der Waals surface area contributed by atoms with E-state index in [0.29, 0.717) is 32.5 Å². The molecule has 1 aliphatic heterocycles. The molecule has 154 valence electrons. The fourth-order valence-electron chi connectivity index (χ4n) is 5.04. The second kappa shape index (κ2) is 8.34. The Balaban J connectivity index is 1.87. The molecule has 3 atom stereocenters. The van der Waals surface area contributed by atoms with Crippen LogP contribution in [-0.4, -0.2) is 36.4 Å². The lowest BCUT2D eigenvalue weighted by Gasteiger charge is -2.26. The first-order valence-electron chi connectivity index (χ1n) is 10.4. The SMILES string of the molecule is CCc1cc(C)cc(CC)c1CC(=O)C1CC(C2OCCO2)CC1(C)C(=O)O. The summed E-state index contributed by atoms with van der Waals surface area (Å²) in [7, 11) is 0. The number of aryl methyl sites for hydroxylation is 3. The van der Waals surface area contributed by atoms with Crippen molar-refractivity contribution in [2.45, 2.75) is 66.1 Å². The van der Waals surface area contributed by atoms with Crippen LogP contribution in [0.3, 0.4) is 0 Å². The maximum atomic E-state index is 13.4. The quantitative estimate of drug-likeness (QED) is 0.771. The first-order valence-corrected chi connectivity index (χ1v) is 10.4. The molecule has 3 unspecified atom stereocenters. The molecule has 1 N–H and O–H groups in total. The zero-order valence-corrected chi connectivity index (χ0v) is 17.4. The van der Waals surface area contributed by atoms with Crippen LogP contribution < -0.4 is 0 Å². The van der Waals surface area contributed by atoms with E-state index in [1.807, 2.05) is 0 Å². The van der Waals surface area contributed by atoms with Gasteiger partial charge in [0.25, 0.3) is 0 Å². The maximum Gasteiger partial charge on any atom is 0.310 e. The molecule has 1 aliphatic carbocycles. The molecule has 5 heteroatoms. The third-order valence-electron chi connectivity index (χ3n) is 6.60. The smallest absolute Gasteiger partial charge is 0.310 e. The van der Waals surface area contributed by atoms with Gasteiger partial charge in [0.2, 0.25) is 0 Å². The van der Waals surface area contributed by atoms with Crippen molar-refractivity contribution in [2.24, 2.45) is 17.3 Å². The van der Waals surface area contributed by atoms with Gasteiger partial charge in [-0.15, -0.1) is 0 Å². The minimum Gasteiger partial charge on any atom is -0.481 e. The van der Waals surface area contributed by atoms with Crippen molar-refractivity contribution in [3.8, 4) is 0 Å². The molecule has 0 spiro atoms. The molecule has 5 nitrogen and oxygen atoms in total. The van der Waals surface area contributed by atoms with Crippen LogP contribution in [0.4, 0.5) is 0 Å². The van der Waals surface area contributed by atoms with Gasteiger partial charge in [-0.3, -0.25) is 9.59 Å². The number of benzene rings is 1. The Bertz CT molecular complexity index is 724. The molecule has 2 aliphatic rings. The average molecular weight is 389 g/mol. The molecule has 1 saturated heterocycles. The number of aliphatic carboxylic acids is 1. The summed E-state index contributed by atoms with van der Waals surface area (Å²) in [6.07, 6.45) is 2.59. The van der Waals surface area contributed by atoms with Gasteiger partial charge in [-0.1, -0.05) is 31.5 Å². The Morgan fingerprint density at radius 1 is 1.14 bits per heavy atom. The van der Waals surface area contributed by atoms with E-state index in [4.69, 9.17) is 9.47 Å². The van der Waals surface area contributed by atoms with E-state index in [1.165, 1.54) is 16.7 Å². The highest BCUT2D eigenvalue weighted by atomic mass is 16.7. The van der Waals surface area contributed by atoms with Crippen LogP contribution in [0.2, 0.25) is 0 Å². The Labute approximate surface area is 167 Å². The number of carbonyl (C=O) groups excluding carboxylic acids is 1. The molecule has 0 radical (unpaired) electrons. The predicted molar refractivity (Wildman–Crippen MR) is 106 cm³/mol. The molecule has 1 aromatic carbocycles. The zero-order chi connectivity index (χ0) is 20.5. The van der Waals surface area contributed by atoms with E-state index >= 15 is 0 Å². The van der Waals surface area contributed by atoms with Crippen molar-refractivity contribution in [2.75, 3.05) is 13.2 Å². The number of hydrogen-bond donors (Lipinski definition) is 1. The molecule has 0 amide bonds. The minimum absolute atomic E-state index is 0.0265. The zero-order valence-electron chi connectivity index (χ0n) is 17.4.